The van der Waals surface area contributed by atoms with Gasteiger partial charge in [-0.05, 0) is 48.7 Å². The largest absolute Gasteiger partial charge is 0.497 e. The number of benzene rings is 2. The van der Waals surface area contributed by atoms with Crippen LogP contribution in [0.15, 0.2) is 42.5 Å². The van der Waals surface area contributed by atoms with Crippen LogP contribution in [0.3, 0.4) is 0 Å². The maximum atomic E-state index is 13.9. The molecule has 1 unspecified atom stereocenters. The summed E-state index contributed by atoms with van der Waals surface area (Å²) in [7, 11) is 3.11. The fourth-order valence-corrected chi connectivity index (χ4v) is 3.68. The molecule has 0 bridgehead atoms. The highest BCUT2D eigenvalue weighted by molar-refractivity contribution is 5.74. The number of nitrogens with one attached hydrogen (secondary N) is 1. The van der Waals surface area contributed by atoms with Crippen LogP contribution >= 0.6 is 0 Å². The van der Waals surface area contributed by atoms with Crippen molar-refractivity contribution < 1.29 is 18.7 Å². The van der Waals surface area contributed by atoms with Crippen molar-refractivity contribution >= 4 is 6.03 Å². The third-order valence-corrected chi connectivity index (χ3v) is 5.33. The van der Waals surface area contributed by atoms with Gasteiger partial charge in [-0.3, -0.25) is 4.90 Å². The second-order valence-corrected chi connectivity index (χ2v) is 7.64. The van der Waals surface area contributed by atoms with Gasteiger partial charge in [0.1, 0.15) is 5.75 Å². The van der Waals surface area contributed by atoms with Crippen LogP contribution in [0.4, 0.5) is 9.18 Å². The molecule has 2 aromatic rings. The molecule has 2 amide bonds. The summed E-state index contributed by atoms with van der Waals surface area (Å²) in [5.41, 5.74) is 2.02. The number of carbonyl (C=O) groups is 1. The van der Waals surface area contributed by atoms with E-state index in [0.29, 0.717) is 19.6 Å². The molecule has 0 spiro atoms. The number of piperazine rings is 1. The van der Waals surface area contributed by atoms with Crippen molar-refractivity contribution in [1.82, 2.24) is 15.1 Å². The number of halogens is 1. The third kappa shape index (κ3) is 5.86. The van der Waals surface area contributed by atoms with Crippen LogP contribution in [0.25, 0.3) is 0 Å². The Bertz CT molecular complexity index is 853. The van der Waals surface area contributed by atoms with Crippen LogP contribution in [0.1, 0.15) is 18.1 Å². The zero-order valence-electron chi connectivity index (χ0n) is 17.9. The number of ether oxygens (including phenoxy) is 2. The monoisotopic (exact) mass is 415 g/mol. The van der Waals surface area contributed by atoms with E-state index in [1.807, 2.05) is 42.2 Å². The first-order valence-corrected chi connectivity index (χ1v) is 10.2. The molecule has 0 aliphatic carbocycles. The standard InChI is InChI=1S/C23H30FN3O3/c1-17(13-18-5-4-6-20(14-18)29-2)25-23(28)27-11-9-26(10-12-27)16-19-7-8-22(30-3)21(24)15-19/h4-8,14-15,17H,9-13,16H2,1-3H3,(H,25,28). The van der Waals surface area contributed by atoms with Crippen molar-refractivity contribution in [2.24, 2.45) is 0 Å². The number of hydrogen-bond donors (Lipinski definition) is 1. The first-order chi connectivity index (χ1) is 14.5. The Balaban J connectivity index is 1.44. The Morgan fingerprint density at radius 2 is 1.83 bits per heavy atom. The van der Waals surface area contributed by atoms with Gasteiger partial charge in [0.05, 0.1) is 14.2 Å². The zero-order chi connectivity index (χ0) is 21.5. The molecular weight excluding hydrogens is 385 g/mol. The first kappa shape index (κ1) is 21.9. The van der Waals surface area contributed by atoms with Gasteiger partial charge in [-0.25, -0.2) is 9.18 Å². The van der Waals surface area contributed by atoms with E-state index in [1.54, 1.807) is 13.2 Å². The lowest BCUT2D eigenvalue weighted by atomic mass is 10.1. The molecule has 1 fully saturated rings. The lowest BCUT2D eigenvalue weighted by molar-refractivity contribution is 0.133. The van der Waals surface area contributed by atoms with Crippen LogP contribution in [0, 0.1) is 5.82 Å². The highest BCUT2D eigenvalue weighted by Crippen LogP contribution is 2.19. The molecule has 1 aliphatic heterocycles. The molecule has 1 atom stereocenters. The van der Waals surface area contributed by atoms with Crippen LogP contribution in [-0.2, 0) is 13.0 Å². The number of rotatable bonds is 7. The fourth-order valence-electron chi connectivity index (χ4n) is 3.68. The summed E-state index contributed by atoms with van der Waals surface area (Å²) in [6.45, 7) is 5.47. The van der Waals surface area contributed by atoms with Crippen LogP contribution in [-0.4, -0.2) is 62.3 Å². The minimum atomic E-state index is -0.349. The molecule has 0 saturated carbocycles. The van der Waals surface area contributed by atoms with Gasteiger partial charge in [0.15, 0.2) is 11.6 Å². The molecule has 2 aromatic carbocycles. The number of urea groups is 1. The number of carbonyl (C=O) groups excluding carboxylic acids is 1. The predicted octanol–water partition coefficient (Wildman–Crippen LogP) is 3.30. The molecule has 7 heteroatoms. The molecule has 6 nitrogen and oxygen atoms in total. The Morgan fingerprint density at radius 1 is 1.07 bits per heavy atom. The molecule has 0 radical (unpaired) electrons. The van der Waals surface area contributed by atoms with Gasteiger partial charge in [0.25, 0.3) is 0 Å². The van der Waals surface area contributed by atoms with Crippen LogP contribution < -0.4 is 14.8 Å². The van der Waals surface area contributed by atoms with Gasteiger partial charge in [-0.1, -0.05) is 18.2 Å². The summed E-state index contributed by atoms with van der Waals surface area (Å²) in [6.07, 6.45) is 0.742. The molecule has 0 aromatic heterocycles. The number of methoxy groups -OCH3 is 2. The molecule has 30 heavy (non-hydrogen) atoms. The quantitative estimate of drug-likeness (QED) is 0.754. The van der Waals surface area contributed by atoms with Crippen molar-refractivity contribution in [1.29, 1.82) is 0 Å². The molecule has 1 heterocycles. The van der Waals surface area contributed by atoms with Crippen molar-refractivity contribution in [2.45, 2.75) is 25.9 Å². The molecule has 1 saturated heterocycles. The van der Waals surface area contributed by atoms with Crippen LogP contribution in [0.2, 0.25) is 0 Å². The highest BCUT2D eigenvalue weighted by atomic mass is 19.1. The lowest BCUT2D eigenvalue weighted by Gasteiger charge is -2.35. The molecule has 1 aliphatic rings. The summed E-state index contributed by atoms with van der Waals surface area (Å²) < 4.78 is 24.1. The molecule has 162 valence electrons. The topological polar surface area (TPSA) is 54.0 Å². The zero-order valence-corrected chi connectivity index (χ0v) is 17.9. The van der Waals surface area contributed by atoms with E-state index < -0.39 is 0 Å². The summed E-state index contributed by atoms with van der Waals surface area (Å²) in [6, 6.07) is 12.9. The maximum absolute atomic E-state index is 13.9. The Hall–Kier alpha value is -2.80. The normalized spacial score (nSPS) is 15.5. The molecular formula is C23H30FN3O3. The Kier molecular flexibility index (Phi) is 7.52. The van der Waals surface area contributed by atoms with E-state index in [-0.39, 0.29) is 23.6 Å². The average Bonchev–Trinajstić information content (AvgIpc) is 2.74. The van der Waals surface area contributed by atoms with Gasteiger partial charge in [-0.15, -0.1) is 0 Å². The van der Waals surface area contributed by atoms with Crippen molar-refractivity contribution in [3.63, 3.8) is 0 Å². The average molecular weight is 416 g/mol. The Morgan fingerprint density at radius 3 is 2.50 bits per heavy atom. The van der Waals surface area contributed by atoms with E-state index in [2.05, 4.69) is 10.2 Å². The fraction of sp³-hybridized carbons (Fsp3) is 0.435. The van der Waals surface area contributed by atoms with Crippen molar-refractivity contribution in [3.05, 3.63) is 59.4 Å². The van der Waals surface area contributed by atoms with Gasteiger partial charge in [-0.2, -0.15) is 0 Å². The van der Waals surface area contributed by atoms with Crippen molar-refractivity contribution in [2.75, 3.05) is 40.4 Å². The van der Waals surface area contributed by atoms with E-state index in [0.717, 1.165) is 36.4 Å². The van der Waals surface area contributed by atoms with Crippen LogP contribution in [0.5, 0.6) is 11.5 Å². The minimum Gasteiger partial charge on any atom is -0.497 e. The number of amides is 2. The van der Waals surface area contributed by atoms with Crippen molar-refractivity contribution in [3.8, 4) is 11.5 Å². The number of nitrogens with zero attached hydrogens (tertiary/aromatic N) is 2. The summed E-state index contributed by atoms with van der Waals surface area (Å²) in [5, 5.41) is 3.08. The highest BCUT2D eigenvalue weighted by Gasteiger charge is 2.22. The summed E-state index contributed by atoms with van der Waals surface area (Å²) in [5.74, 6) is 0.722. The van der Waals surface area contributed by atoms with E-state index >= 15 is 0 Å². The summed E-state index contributed by atoms with van der Waals surface area (Å²) >= 11 is 0. The lowest BCUT2D eigenvalue weighted by Crippen LogP contribution is -2.53. The SMILES string of the molecule is COc1cccc(CC(C)NC(=O)N2CCN(Cc3ccc(OC)c(F)c3)CC2)c1. The smallest absolute Gasteiger partial charge is 0.317 e. The second kappa shape index (κ2) is 10.3. The van der Waals surface area contributed by atoms with E-state index in [4.69, 9.17) is 9.47 Å². The maximum Gasteiger partial charge on any atom is 0.317 e. The Labute approximate surface area is 177 Å². The van der Waals surface area contributed by atoms with Gasteiger partial charge in [0, 0.05) is 38.8 Å². The van der Waals surface area contributed by atoms with Gasteiger partial charge < -0.3 is 19.7 Å². The number of hydrogen-bond acceptors (Lipinski definition) is 4. The first-order valence-electron chi connectivity index (χ1n) is 10.2. The van der Waals surface area contributed by atoms with Gasteiger partial charge in [0.2, 0.25) is 0 Å². The molecule has 1 N–H and O–H groups in total. The van der Waals surface area contributed by atoms with E-state index in [1.165, 1.54) is 13.2 Å². The summed E-state index contributed by atoms with van der Waals surface area (Å²) in [4.78, 5) is 16.7. The predicted molar refractivity (Wildman–Crippen MR) is 114 cm³/mol. The van der Waals surface area contributed by atoms with E-state index in [9.17, 15) is 9.18 Å². The second-order valence-electron chi connectivity index (χ2n) is 7.64. The van der Waals surface area contributed by atoms with Gasteiger partial charge >= 0.3 is 6.03 Å². The third-order valence-electron chi connectivity index (χ3n) is 5.33. The molecule has 3 rings (SSSR count). The minimum absolute atomic E-state index is 0.0184.